The molecule has 0 saturated heterocycles. The summed E-state index contributed by atoms with van der Waals surface area (Å²) >= 11 is 4.06. The third kappa shape index (κ3) is 2.52. The maximum Gasteiger partial charge on any atom is 0.0474 e. The number of hydrogen-bond acceptors (Lipinski definition) is 2. The summed E-state index contributed by atoms with van der Waals surface area (Å²) in [6.45, 7) is 0. The number of benzene rings is 1. The van der Waals surface area contributed by atoms with E-state index in [0.717, 1.165) is 23.4 Å². The Kier molecular flexibility index (Phi) is 3.56. The summed E-state index contributed by atoms with van der Waals surface area (Å²) in [5, 5.41) is 0. The molecular formula is C10H11NS. The summed E-state index contributed by atoms with van der Waals surface area (Å²) in [5.74, 6) is 6.77. The lowest BCUT2D eigenvalue weighted by Gasteiger charge is -1.94. The van der Waals surface area contributed by atoms with Gasteiger partial charge in [0.2, 0.25) is 0 Å². The van der Waals surface area contributed by atoms with Gasteiger partial charge in [0.05, 0.1) is 0 Å². The third-order valence-electron chi connectivity index (χ3n) is 1.42. The lowest BCUT2D eigenvalue weighted by atomic mass is 10.2. The van der Waals surface area contributed by atoms with E-state index in [-0.39, 0.29) is 0 Å². The summed E-state index contributed by atoms with van der Waals surface area (Å²) in [7, 11) is 0. The van der Waals surface area contributed by atoms with Crippen molar-refractivity contribution in [2.45, 2.75) is 6.42 Å². The molecule has 0 heterocycles. The molecule has 0 amide bonds. The van der Waals surface area contributed by atoms with Gasteiger partial charge < -0.3 is 5.73 Å². The van der Waals surface area contributed by atoms with E-state index in [1.807, 2.05) is 24.3 Å². The van der Waals surface area contributed by atoms with Crippen LogP contribution in [-0.2, 0) is 0 Å². The van der Waals surface area contributed by atoms with Gasteiger partial charge in [-0.15, -0.1) is 0 Å². The van der Waals surface area contributed by atoms with E-state index in [9.17, 15) is 0 Å². The zero-order valence-electron chi connectivity index (χ0n) is 6.75. The predicted molar refractivity (Wildman–Crippen MR) is 56.2 cm³/mol. The molecule has 0 spiro atoms. The van der Waals surface area contributed by atoms with Crippen LogP contribution in [0.4, 0.5) is 5.69 Å². The first-order valence-electron chi connectivity index (χ1n) is 3.79. The molecule has 0 radical (unpaired) electrons. The second kappa shape index (κ2) is 4.74. The van der Waals surface area contributed by atoms with Gasteiger partial charge in [0.15, 0.2) is 0 Å². The Morgan fingerprint density at radius 2 is 2.08 bits per heavy atom. The zero-order valence-corrected chi connectivity index (χ0v) is 7.64. The quantitative estimate of drug-likeness (QED) is 0.383. The molecule has 12 heavy (non-hydrogen) atoms. The van der Waals surface area contributed by atoms with Gasteiger partial charge in [0, 0.05) is 23.4 Å². The Morgan fingerprint density at radius 1 is 1.33 bits per heavy atom. The van der Waals surface area contributed by atoms with E-state index in [2.05, 4.69) is 24.5 Å². The Labute approximate surface area is 78.4 Å². The summed E-state index contributed by atoms with van der Waals surface area (Å²) in [6, 6.07) is 7.60. The number of para-hydroxylation sites is 1. The maximum absolute atomic E-state index is 5.68. The van der Waals surface area contributed by atoms with Crippen LogP contribution < -0.4 is 5.73 Å². The number of anilines is 1. The van der Waals surface area contributed by atoms with Gasteiger partial charge in [-0.05, 0) is 12.1 Å². The first-order valence-corrected chi connectivity index (χ1v) is 4.42. The Bertz CT molecular complexity index is 309. The van der Waals surface area contributed by atoms with E-state index >= 15 is 0 Å². The number of thiol groups is 1. The van der Waals surface area contributed by atoms with Crippen molar-refractivity contribution in [1.29, 1.82) is 0 Å². The lowest BCUT2D eigenvalue weighted by molar-refractivity contribution is 1.31. The minimum absolute atomic E-state index is 0.740. The molecule has 2 heteroatoms. The number of hydrogen-bond donors (Lipinski definition) is 2. The second-order valence-electron chi connectivity index (χ2n) is 2.36. The molecule has 0 atom stereocenters. The number of rotatable bonds is 1. The molecule has 0 unspecified atom stereocenters. The molecule has 0 aliphatic carbocycles. The lowest BCUT2D eigenvalue weighted by Crippen LogP contribution is -1.88. The molecule has 2 N–H and O–H groups in total. The predicted octanol–water partition coefficient (Wildman–Crippen LogP) is 1.94. The van der Waals surface area contributed by atoms with Crippen LogP contribution in [0.3, 0.4) is 0 Å². The van der Waals surface area contributed by atoms with Crippen LogP contribution in [0, 0.1) is 11.8 Å². The Morgan fingerprint density at radius 3 is 2.75 bits per heavy atom. The van der Waals surface area contributed by atoms with Crippen molar-refractivity contribution in [3.8, 4) is 11.8 Å². The molecule has 1 aromatic carbocycles. The molecule has 0 saturated carbocycles. The Balaban J connectivity index is 2.77. The number of nitrogens with two attached hydrogens (primary N) is 1. The fourth-order valence-electron chi connectivity index (χ4n) is 0.824. The molecule has 0 bridgehead atoms. The molecule has 1 rings (SSSR count). The zero-order chi connectivity index (χ0) is 8.81. The standard InChI is InChI=1S/C10H11NS/c11-10-7-2-1-5-9(10)6-3-4-8-12/h1-2,5,7,12H,4,8,11H2. The highest BCUT2D eigenvalue weighted by molar-refractivity contribution is 7.80. The molecule has 1 aromatic rings. The first kappa shape index (κ1) is 9.02. The van der Waals surface area contributed by atoms with Gasteiger partial charge in [-0.3, -0.25) is 0 Å². The van der Waals surface area contributed by atoms with Gasteiger partial charge >= 0.3 is 0 Å². The molecule has 1 nitrogen and oxygen atoms in total. The van der Waals surface area contributed by atoms with Crippen LogP contribution in [-0.4, -0.2) is 5.75 Å². The smallest absolute Gasteiger partial charge is 0.0474 e. The average molecular weight is 177 g/mol. The third-order valence-corrected chi connectivity index (χ3v) is 1.64. The molecule has 0 aliphatic heterocycles. The normalized spacial score (nSPS) is 8.75. The highest BCUT2D eigenvalue weighted by Gasteiger charge is 1.89. The Hall–Kier alpha value is -1.07. The second-order valence-corrected chi connectivity index (χ2v) is 2.81. The monoisotopic (exact) mass is 177 g/mol. The van der Waals surface area contributed by atoms with E-state index < -0.39 is 0 Å². The van der Waals surface area contributed by atoms with Crippen LogP contribution in [0.5, 0.6) is 0 Å². The van der Waals surface area contributed by atoms with Crippen molar-refractivity contribution >= 4 is 18.3 Å². The summed E-state index contributed by atoms with van der Waals surface area (Å²) < 4.78 is 0. The fraction of sp³-hybridized carbons (Fsp3) is 0.200. The minimum Gasteiger partial charge on any atom is -0.398 e. The SMILES string of the molecule is Nc1ccccc1C#CCCS. The first-order chi connectivity index (χ1) is 5.84. The van der Waals surface area contributed by atoms with Crippen molar-refractivity contribution in [2.24, 2.45) is 0 Å². The minimum atomic E-state index is 0.740. The van der Waals surface area contributed by atoms with Gasteiger partial charge in [-0.1, -0.05) is 24.0 Å². The van der Waals surface area contributed by atoms with Crippen LogP contribution in [0.25, 0.3) is 0 Å². The van der Waals surface area contributed by atoms with E-state index in [1.54, 1.807) is 0 Å². The highest BCUT2D eigenvalue weighted by Crippen LogP contribution is 2.07. The summed E-state index contributed by atoms with van der Waals surface area (Å²) in [6.07, 6.45) is 0.803. The van der Waals surface area contributed by atoms with Gasteiger partial charge in [-0.25, -0.2) is 0 Å². The average Bonchev–Trinajstić information content (AvgIpc) is 2.09. The topological polar surface area (TPSA) is 26.0 Å². The molecule has 0 aliphatic rings. The van der Waals surface area contributed by atoms with E-state index in [1.165, 1.54) is 0 Å². The molecule has 62 valence electrons. The molecular weight excluding hydrogens is 166 g/mol. The van der Waals surface area contributed by atoms with Crippen LogP contribution in [0.2, 0.25) is 0 Å². The maximum atomic E-state index is 5.68. The van der Waals surface area contributed by atoms with Crippen molar-refractivity contribution < 1.29 is 0 Å². The fourth-order valence-corrected chi connectivity index (χ4v) is 0.936. The van der Waals surface area contributed by atoms with Gasteiger partial charge in [0.1, 0.15) is 0 Å². The molecule has 0 fully saturated rings. The van der Waals surface area contributed by atoms with Crippen LogP contribution in [0.1, 0.15) is 12.0 Å². The van der Waals surface area contributed by atoms with Crippen molar-refractivity contribution in [1.82, 2.24) is 0 Å². The van der Waals surface area contributed by atoms with Gasteiger partial charge in [0.25, 0.3) is 0 Å². The number of nitrogen functional groups attached to an aromatic ring is 1. The van der Waals surface area contributed by atoms with Gasteiger partial charge in [-0.2, -0.15) is 12.6 Å². The van der Waals surface area contributed by atoms with Crippen LogP contribution in [0.15, 0.2) is 24.3 Å². The summed E-state index contributed by atoms with van der Waals surface area (Å²) in [5.41, 5.74) is 7.32. The molecule has 0 aromatic heterocycles. The van der Waals surface area contributed by atoms with Crippen molar-refractivity contribution in [3.05, 3.63) is 29.8 Å². The van der Waals surface area contributed by atoms with Crippen molar-refractivity contribution in [3.63, 3.8) is 0 Å². The summed E-state index contributed by atoms with van der Waals surface area (Å²) in [4.78, 5) is 0. The van der Waals surface area contributed by atoms with Crippen molar-refractivity contribution in [2.75, 3.05) is 11.5 Å². The largest absolute Gasteiger partial charge is 0.398 e. The van der Waals surface area contributed by atoms with E-state index in [0.29, 0.717) is 0 Å². The van der Waals surface area contributed by atoms with Crippen LogP contribution >= 0.6 is 12.6 Å². The van der Waals surface area contributed by atoms with E-state index in [4.69, 9.17) is 5.73 Å². The highest BCUT2D eigenvalue weighted by atomic mass is 32.1.